The Morgan fingerprint density at radius 2 is 1.74 bits per heavy atom. The molecule has 1 fully saturated rings. The smallest absolute Gasteiger partial charge is 0.409 e. The number of nitrogens with one attached hydrogen (secondary N) is 1. The summed E-state index contributed by atoms with van der Waals surface area (Å²) in [7, 11) is 0. The summed E-state index contributed by atoms with van der Waals surface area (Å²) in [4.78, 5) is 31.8. The van der Waals surface area contributed by atoms with Gasteiger partial charge in [-0.2, -0.15) is 0 Å². The van der Waals surface area contributed by atoms with Crippen LogP contribution in [0.15, 0.2) is 53.5 Å². The second-order valence-corrected chi connectivity index (χ2v) is 7.31. The third-order valence-electron chi connectivity index (χ3n) is 5.00. The van der Waals surface area contributed by atoms with Crippen molar-refractivity contribution in [1.82, 2.24) is 9.80 Å². The quantitative estimate of drug-likeness (QED) is 0.564. The highest BCUT2D eigenvalue weighted by Crippen LogP contribution is 2.14. The number of aliphatic imine (C=N–C) groups is 1. The van der Waals surface area contributed by atoms with Gasteiger partial charge in [0.05, 0.1) is 18.7 Å². The van der Waals surface area contributed by atoms with E-state index in [0.29, 0.717) is 51.0 Å². The Bertz CT molecular complexity index is 935. The van der Waals surface area contributed by atoms with E-state index in [1.54, 1.807) is 30.0 Å². The van der Waals surface area contributed by atoms with Crippen LogP contribution in [0.3, 0.4) is 0 Å². The third-order valence-corrected chi connectivity index (χ3v) is 5.00. The highest BCUT2D eigenvalue weighted by atomic mass is 16.6. The zero-order valence-electron chi connectivity index (χ0n) is 17.9. The van der Waals surface area contributed by atoms with Gasteiger partial charge in [-0.1, -0.05) is 35.9 Å². The predicted octanol–water partition coefficient (Wildman–Crippen LogP) is 3.44. The lowest BCUT2D eigenvalue weighted by atomic mass is 10.1. The van der Waals surface area contributed by atoms with Crippen molar-refractivity contribution in [3.05, 3.63) is 65.2 Å². The number of aryl methyl sites for hydroxylation is 1. The number of anilines is 1. The number of benzene rings is 2. The van der Waals surface area contributed by atoms with Crippen molar-refractivity contribution in [3.8, 4) is 0 Å². The maximum atomic E-state index is 12.0. The van der Waals surface area contributed by atoms with Crippen LogP contribution in [-0.2, 0) is 11.3 Å². The zero-order valence-corrected chi connectivity index (χ0v) is 17.9. The molecule has 1 aliphatic heterocycles. The maximum absolute atomic E-state index is 12.0. The van der Waals surface area contributed by atoms with Crippen LogP contribution < -0.4 is 5.32 Å². The van der Waals surface area contributed by atoms with Gasteiger partial charge in [-0.05, 0) is 37.6 Å². The van der Waals surface area contributed by atoms with Gasteiger partial charge >= 0.3 is 12.1 Å². The number of carbonyl (C=O) groups excluding carboxylic acids is 1. The summed E-state index contributed by atoms with van der Waals surface area (Å²) in [5, 5.41) is 12.5. The molecule has 8 nitrogen and oxygen atoms in total. The molecule has 8 heteroatoms. The van der Waals surface area contributed by atoms with Crippen molar-refractivity contribution < 1.29 is 19.4 Å². The summed E-state index contributed by atoms with van der Waals surface area (Å²) in [5.74, 6) is -0.337. The number of hydrogen-bond acceptors (Lipinski definition) is 4. The van der Waals surface area contributed by atoms with Gasteiger partial charge in [0.1, 0.15) is 0 Å². The molecule has 164 valence electrons. The van der Waals surface area contributed by atoms with Crippen LogP contribution in [0.25, 0.3) is 0 Å². The van der Waals surface area contributed by atoms with Crippen molar-refractivity contribution >= 4 is 23.7 Å². The number of amides is 1. The van der Waals surface area contributed by atoms with Gasteiger partial charge in [0, 0.05) is 31.9 Å². The average Bonchev–Trinajstić information content (AvgIpc) is 2.78. The van der Waals surface area contributed by atoms with Crippen LogP contribution in [0.5, 0.6) is 0 Å². The number of rotatable bonds is 5. The second-order valence-electron chi connectivity index (χ2n) is 7.31. The lowest BCUT2D eigenvalue weighted by Crippen LogP contribution is -2.52. The van der Waals surface area contributed by atoms with Gasteiger partial charge in [0.15, 0.2) is 5.96 Å². The summed E-state index contributed by atoms with van der Waals surface area (Å²) >= 11 is 0. The lowest BCUT2D eigenvalue weighted by Gasteiger charge is -2.36. The summed E-state index contributed by atoms with van der Waals surface area (Å²) in [6, 6.07) is 14.8. The van der Waals surface area contributed by atoms with E-state index in [1.807, 2.05) is 37.3 Å². The molecule has 0 spiro atoms. The fourth-order valence-electron chi connectivity index (χ4n) is 3.25. The minimum absolute atomic E-state index is 0.204. The fourth-order valence-corrected chi connectivity index (χ4v) is 3.25. The number of aromatic carboxylic acids is 1. The van der Waals surface area contributed by atoms with E-state index < -0.39 is 5.97 Å². The van der Waals surface area contributed by atoms with Gasteiger partial charge in [-0.25, -0.2) is 14.6 Å². The zero-order chi connectivity index (χ0) is 22.2. The summed E-state index contributed by atoms with van der Waals surface area (Å²) in [6.45, 7) is 6.91. The van der Waals surface area contributed by atoms with E-state index in [2.05, 4.69) is 10.2 Å². The highest BCUT2D eigenvalue weighted by Gasteiger charge is 2.24. The summed E-state index contributed by atoms with van der Waals surface area (Å²) < 4.78 is 5.09. The minimum atomic E-state index is -0.982. The van der Waals surface area contributed by atoms with Crippen molar-refractivity contribution in [3.63, 3.8) is 0 Å². The number of piperazine rings is 1. The SMILES string of the molecule is CCOC(=O)N1CCN(C(=NCc2ccc(C)cc2)Nc2cccc(C(=O)O)c2)CC1. The molecule has 0 saturated carbocycles. The van der Waals surface area contributed by atoms with Crippen LogP contribution in [0, 0.1) is 6.92 Å². The number of carboxylic acid groups (broad SMARTS) is 1. The van der Waals surface area contributed by atoms with Crippen LogP contribution in [0.1, 0.15) is 28.4 Å². The summed E-state index contributed by atoms with van der Waals surface area (Å²) in [5.41, 5.74) is 3.12. The minimum Gasteiger partial charge on any atom is -0.478 e. The number of hydrogen-bond donors (Lipinski definition) is 2. The molecule has 31 heavy (non-hydrogen) atoms. The van der Waals surface area contributed by atoms with E-state index >= 15 is 0 Å². The number of carbonyl (C=O) groups is 2. The standard InChI is InChI=1S/C23H28N4O4/c1-3-31-23(30)27-13-11-26(12-14-27)22(24-16-18-9-7-17(2)8-10-18)25-20-6-4-5-19(15-20)21(28)29/h4-10,15H,3,11-14,16H2,1-2H3,(H,24,25)(H,28,29). The normalized spacial score (nSPS) is 14.3. The Morgan fingerprint density at radius 1 is 1.06 bits per heavy atom. The predicted molar refractivity (Wildman–Crippen MR) is 120 cm³/mol. The second kappa shape index (κ2) is 10.5. The summed E-state index contributed by atoms with van der Waals surface area (Å²) in [6.07, 6.45) is -0.303. The topological polar surface area (TPSA) is 94.5 Å². The van der Waals surface area contributed by atoms with E-state index in [4.69, 9.17) is 9.73 Å². The van der Waals surface area contributed by atoms with Crippen LogP contribution in [0.4, 0.5) is 10.5 Å². The fraction of sp³-hybridized carbons (Fsp3) is 0.348. The van der Waals surface area contributed by atoms with E-state index in [-0.39, 0.29) is 11.7 Å². The Kier molecular flexibility index (Phi) is 7.48. The maximum Gasteiger partial charge on any atom is 0.409 e. The Balaban J connectivity index is 1.76. The largest absolute Gasteiger partial charge is 0.478 e. The molecule has 1 amide bonds. The Labute approximate surface area is 182 Å². The van der Waals surface area contributed by atoms with E-state index in [0.717, 1.165) is 5.56 Å². The molecule has 3 rings (SSSR count). The number of ether oxygens (including phenoxy) is 1. The van der Waals surface area contributed by atoms with Gasteiger partial charge in [-0.3, -0.25) is 0 Å². The van der Waals surface area contributed by atoms with Crippen molar-refractivity contribution in [2.24, 2.45) is 4.99 Å². The Morgan fingerprint density at radius 3 is 2.39 bits per heavy atom. The molecule has 2 aromatic rings. The molecule has 0 aromatic heterocycles. The molecule has 0 aliphatic carbocycles. The first-order valence-electron chi connectivity index (χ1n) is 10.3. The molecule has 1 heterocycles. The van der Waals surface area contributed by atoms with Crippen molar-refractivity contribution in [2.75, 3.05) is 38.1 Å². The van der Waals surface area contributed by atoms with E-state index in [9.17, 15) is 14.7 Å². The van der Waals surface area contributed by atoms with E-state index in [1.165, 1.54) is 5.56 Å². The van der Waals surface area contributed by atoms with Crippen LogP contribution in [-0.4, -0.2) is 65.7 Å². The van der Waals surface area contributed by atoms with Gasteiger partial charge in [0.2, 0.25) is 0 Å². The first-order chi connectivity index (χ1) is 15.0. The molecule has 0 unspecified atom stereocenters. The van der Waals surface area contributed by atoms with Crippen LogP contribution >= 0.6 is 0 Å². The molecular formula is C23H28N4O4. The lowest BCUT2D eigenvalue weighted by molar-refractivity contribution is 0.0696. The average molecular weight is 425 g/mol. The molecule has 0 bridgehead atoms. The molecule has 2 N–H and O–H groups in total. The number of carboxylic acids is 1. The Hall–Kier alpha value is -3.55. The van der Waals surface area contributed by atoms with Crippen molar-refractivity contribution in [1.29, 1.82) is 0 Å². The number of guanidine groups is 1. The monoisotopic (exact) mass is 424 g/mol. The first-order valence-corrected chi connectivity index (χ1v) is 10.3. The first kappa shape index (κ1) is 22.1. The molecule has 2 aromatic carbocycles. The van der Waals surface area contributed by atoms with Crippen molar-refractivity contribution in [2.45, 2.75) is 20.4 Å². The van der Waals surface area contributed by atoms with Crippen LogP contribution in [0.2, 0.25) is 0 Å². The highest BCUT2D eigenvalue weighted by molar-refractivity contribution is 5.96. The van der Waals surface area contributed by atoms with Gasteiger partial charge in [-0.15, -0.1) is 0 Å². The molecule has 0 atom stereocenters. The molecule has 1 aliphatic rings. The molecular weight excluding hydrogens is 396 g/mol. The van der Waals surface area contributed by atoms with Gasteiger partial charge < -0.3 is 25.0 Å². The van der Waals surface area contributed by atoms with Gasteiger partial charge in [0.25, 0.3) is 0 Å². The molecule has 0 radical (unpaired) electrons. The number of nitrogens with zero attached hydrogens (tertiary/aromatic N) is 3. The third kappa shape index (κ3) is 6.21. The molecule has 1 saturated heterocycles.